The zero-order chi connectivity index (χ0) is 16.8. The first-order valence-electron chi connectivity index (χ1n) is 9.50. The molecule has 2 aliphatic rings. The Kier molecular flexibility index (Phi) is 6.13. The van der Waals surface area contributed by atoms with Crippen LogP contribution < -0.4 is 5.32 Å². The first-order chi connectivity index (χ1) is 11.7. The minimum Gasteiger partial charge on any atom is -0.334 e. The molecule has 1 aromatic carbocycles. The second-order valence-corrected chi connectivity index (χ2v) is 7.56. The van der Waals surface area contributed by atoms with Crippen molar-refractivity contribution in [1.29, 1.82) is 0 Å². The van der Waals surface area contributed by atoms with Gasteiger partial charge in [-0.05, 0) is 56.2 Å². The molecular formula is C20H31N3O. The molecule has 0 spiro atoms. The number of nitrogens with one attached hydrogen (secondary N) is 1. The van der Waals surface area contributed by atoms with Crippen LogP contribution in [0.25, 0.3) is 0 Å². The van der Waals surface area contributed by atoms with Crippen molar-refractivity contribution in [3.05, 3.63) is 35.9 Å². The van der Waals surface area contributed by atoms with E-state index in [9.17, 15) is 4.79 Å². The van der Waals surface area contributed by atoms with Crippen molar-refractivity contribution in [3.8, 4) is 0 Å². The van der Waals surface area contributed by atoms with Crippen LogP contribution in [0.2, 0.25) is 0 Å². The largest absolute Gasteiger partial charge is 0.334 e. The lowest BCUT2D eigenvalue weighted by Crippen LogP contribution is -2.46. The van der Waals surface area contributed by atoms with E-state index in [1.54, 1.807) is 0 Å². The minimum absolute atomic E-state index is 0.0871. The summed E-state index contributed by atoms with van der Waals surface area (Å²) in [5, 5.41) is 3.05. The Balaban J connectivity index is 1.36. The number of piperidine rings is 2. The van der Waals surface area contributed by atoms with E-state index < -0.39 is 0 Å². The highest BCUT2D eigenvalue weighted by molar-refractivity contribution is 5.74. The molecule has 1 N–H and O–H groups in total. The maximum Gasteiger partial charge on any atom is 0.317 e. The fourth-order valence-corrected chi connectivity index (χ4v) is 3.81. The summed E-state index contributed by atoms with van der Waals surface area (Å²) < 4.78 is 0. The van der Waals surface area contributed by atoms with Gasteiger partial charge in [0, 0.05) is 26.2 Å². The Labute approximate surface area is 146 Å². The Morgan fingerprint density at radius 2 is 1.71 bits per heavy atom. The normalized spacial score (nSPS) is 21.0. The third kappa shape index (κ3) is 4.97. The maximum atomic E-state index is 12.3. The number of rotatable bonds is 4. The summed E-state index contributed by atoms with van der Waals surface area (Å²) in [5.41, 5.74) is 1.15. The average molecular weight is 329 g/mol. The van der Waals surface area contributed by atoms with Crippen LogP contribution in [0.1, 0.15) is 38.2 Å². The van der Waals surface area contributed by atoms with Gasteiger partial charge in [0.05, 0.1) is 0 Å². The Morgan fingerprint density at radius 3 is 2.38 bits per heavy atom. The standard InChI is InChI=1S/C20H31N3O/c1-17-7-11-22(12-8-17)16-19-9-13-23(14-10-19)20(24)21-15-18-5-3-2-4-6-18/h2-6,17,19H,7-16H2,1H3,(H,21,24). The van der Waals surface area contributed by atoms with Crippen LogP contribution in [0.15, 0.2) is 30.3 Å². The van der Waals surface area contributed by atoms with Crippen molar-refractivity contribution in [2.24, 2.45) is 11.8 Å². The second-order valence-electron chi connectivity index (χ2n) is 7.56. The molecule has 2 heterocycles. The van der Waals surface area contributed by atoms with Crippen LogP contribution in [0.5, 0.6) is 0 Å². The summed E-state index contributed by atoms with van der Waals surface area (Å²) in [6, 6.07) is 10.2. The molecular weight excluding hydrogens is 298 g/mol. The van der Waals surface area contributed by atoms with E-state index in [2.05, 4.69) is 17.1 Å². The number of carbonyl (C=O) groups excluding carboxylic acids is 1. The van der Waals surface area contributed by atoms with Gasteiger partial charge in [-0.25, -0.2) is 4.79 Å². The molecule has 24 heavy (non-hydrogen) atoms. The maximum absolute atomic E-state index is 12.3. The molecule has 0 aliphatic carbocycles. The fourth-order valence-electron chi connectivity index (χ4n) is 3.81. The van der Waals surface area contributed by atoms with Gasteiger partial charge >= 0.3 is 6.03 Å². The van der Waals surface area contributed by atoms with E-state index in [-0.39, 0.29) is 6.03 Å². The highest BCUT2D eigenvalue weighted by Gasteiger charge is 2.25. The number of carbonyl (C=O) groups is 1. The van der Waals surface area contributed by atoms with Gasteiger partial charge in [-0.15, -0.1) is 0 Å². The minimum atomic E-state index is 0.0871. The highest BCUT2D eigenvalue weighted by Crippen LogP contribution is 2.22. The number of nitrogens with zero attached hydrogens (tertiary/aromatic N) is 2. The van der Waals surface area contributed by atoms with Crippen molar-refractivity contribution >= 4 is 6.03 Å². The van der Waals surface area contributed by atoms with E-state index in [4.69, 9.17) is 0 Å². The van der Waals surface area contributed by atoms with Gasteiger partial charge in [-0.2, -0.15) is 0 Å². The molecule has 4 heteroatoms. The van der Waals surface area contributed by atoms with Crippen molar-refractivity contribution < 1.29 is 4.79 Å². The van der Waals surface area contributed by atoms with Gasteiger partial charge in [-0.1, -0.05) is 37.3 Å². The fraction of sp³-hybridized carbons (Fsp3) is 0.650. The van der Waals surface area contributed by atoms with Gasteiger partial charge in [0.1, 0.15) is 0 Å². The van der Waals surface area contributed by atoms with E-state index in [0.29, 0.717) is 6.54 Å². The van der Waals surface area contributed by atoms with Gasteiger partial charge in [0.15, 0.2) is 0 Å². The molecule has 2 saturated heterocycles. The molecule has 2 amide bonds. The smallest absolute Gasteiger partial charge is 0.317 e. The molecule has 0 unspecified atom stereocenters. The molecule has 0 aromatic heterocycles. The van der Waals surface area contributed by atoms with Crippen LogP contribution in [0.3, 0.4) is 0 Å². The molecule has 2 aliphatic heterocycles. The Morgan fingerprint density at radius 1 is 1.04 bits per heavy atom. The van der Waals surface area contributed by atoms with E-state index in [1.165, 1.54) is 32.5 Å². The quantitative estimate of drug-likeness (QED) is 0.919. The number of benzene rings is 1. The predicted molar refractivity (Wildman–Crippen MR) is 97.8 cm³/mol. The average Bonchev–Trinajstić information content (AvgIpc) is 2.63. The number of amides is 2. The lowest BCUT2D eigenvalue weighted by atomic mass is 9.93. The summed E-state index contributed by atoms with van der Waals surface area (Å²) in [7, 11) is 0. The van der Waals surface area contributed by atoms with Crippen LogP contribution in [0, 0.1) is 11.8 Å². The zero-order valence-corrected chi connectivity index (χ0v) is 14.9. The third-order valence-electron chi connectivity index (χ3n) is 5.58. The number of likely N-dealkylation sites (tertiary alicyclic amines) is 2. The first-order valence-corrected chi connectivity index (χ1v) is 9.50. The van der Waals surface area contributed by atoms with Crippen LogP contribution in [-0.4, -0.2) is 48.6 Å². The summed E-state index contributed by atoms with van der Waals surface area (Å²) >= 11 is 0. The number of hydrogen-bond donors (Lipinski definition) is 1. The SMILES string of the molecule is CC1CCN(CC2CCN(C(=O)NCc3ccccc3)CC2)CC1. The number of hydrogen-bond acceptors (Lipinski definition) is 2. The van der Waals surface area contributed by atoms with Crippen molar-refractivity contribution in [1.82, 2.24) is 15.1 Å². The Hall–Kier alpha value is -1.55. The lowest BCUT2D eigenvalue weighted by Gasteiger charge is -2.37. The molecule has 0 saturated carbocycles. The summed E-state index contributed by atoms with van der Waals surface area (Å²) in [6.45, 7) is 8.53. The third-order valence-corrected chi connectivity index (χ3v) is 5.58. The van der Waals surface area contributed by atoms with E-state index in [1.807, 2.05) is 35.2 Å². The molecule has 2 fully saturated rings. The van der Waals surface area contributed by atoms with Crippen molar-refractivity contribution in [2.75, 3.05) is 32.7 Å². The van der Waals surface area contributed by atoms with Crippen LogP contribution >= 0.6 is 0 Å². The second kappa shape index (κ2) is 8.52. The molecule has 0 atom stereocenters. The molecule has 4 nitrogen and oxygen atoms in total. The molecule has 132 valence electrons. The predicted octanol–water partition coefficient (Wildman–Crippen LogP) is 3.34. The zero-order valence-electron chi connectivity index (χ0n) is 14.9. The molecule has 0 radical (unpaired) electrons. The van der Waals surface area contributed by atoms with E-state index in [0.717, 1.165) is 43.3 Å². The van der Waals surface area contributed by atoms with Gasteiger partial charge in [0.25, 0.3) is 0 Å². The Bertz CT molecular complexity index is 503. The summed E-state index contributed by atoms with van der Waals surface area (Å²) in [4.78, 5) is 16.9. The molecule has 1 aromatic rings. The first kappa shape index (κ1) is 17.3. The summed E-state index contributed by atoms with van der Waals surface area (Å²) in [5.74, 6) is 1.66. The lowest BCUT2D eigenvalue weighted by molar-refractivity contribution is 0.126. The topological polar surface area (TPSA) is 35.6 Å². The van der Waals surface area contributed by atoms with Crippen LogP contribution in [0.4, 0.5) is 4.79 Å². The monoisotopic (exact) mass is 329 g/mol. The molecule has 0 bridgehead atoms. The van der Waals surface area contributed by atoms with Gasteiger partial charge < -0.3 is 15.1 Å². The molecule has 3 rings (SSSR count). The van der Waals surface area contributed by atoms with Crippen LogP contribution in [-0.2, 0) is 6.54 Å². The summed E-state index contributed by atoms with van der Waals surface area (Å²) in [6.07, 6.45) is 4.98. The highest BCUT2D eigenvalue weighted by atomic mass is 16.2. The van der Waals surface area contributed by atoms with E-state index >= 15 is 0 Å². The van der Waals surface area contributed by atoms with Crippen molar-refractivity contribution in [3.63, 3.8) is 0 Å². The van der Waals surface area contributed by atoms with Crippen molar-refractivity contribution in [2.45, 2.75) is 39.2 Å². The number of urea groups is 1. The van der Waals surface area contributed by atoms with Gasteiger partial charge in [0.2, 0.25) is 0 Å². The van der Waals surface area contributed by atoms with Gasteiger partial charge in [-0.3, -0.25) is 0 Å².